The van der Waals surface area contributed by atoms with Crippen LogP contribution in [-0.4, -0.2) is 9.78 Å². The van der Waals surface area contributed by atoms with Gasteiger partial charge in [-0.3, -0.25) is 4.68 Å². The smallest absolute Gasteiger partial charge is 0.0710 e. The zero-order chi connectivity index (χ0) is 10.6. The van der Waals surface area contributed by atoms with E-state index in [4.69, 9.17) is 0 Å². The van der Waals surface area contributed by atoms with Gasteiger partial charge in [0.25, 0.3) is 0 Å². The largest absolute Gasteiger partial charge is 0.268 e. The van der Waals surface area contributed by atoms with Gasteiger partial charge in [-0.25, -0.2) is 0 Å². The second-order valence-corrected chi connectivity index (χ2v) is 2.98. The van der Waals surface area contributed by atoms with Gasteiger partial charge in [-0.05, 0) is 12.0 Å². The van der Waals surface area contributed by atoms with E-state index in [2.05, 4.69) is 30.2 Å². The SMILES string of the molecule is CC.CCc1cccc2cnn(C)c12. The molecule has 0 amide bonds. The zero-order valence-corrected chi connectivity index (χ0v) is 9.41. The Hall–Kier alpha value is -1.31. The van der Waals surface area contributed by atoms with E-state index in [1.165, 1.54) is 16.5 Å². The van der Waals surface area contributed by atoms with Crippen molar-refractivity contribution in [2.45, 2.75) is 27.2 Å². The highest BCUT2D eigenvalue weighted by molar-refractivity contribution is 5.81. The zero-order valence-electron chi connectivity index (χ0n) is 9.41. The van der Waals surface area contributed by atoms with Crippen LogP contribution < -0.4 is 0 Å². The highest BCUT2D eigenvalue weighted by Crippen LogP contribution is 2.17. The Bertz CT molecular complexity index is 402. The van der Waals surface area contributed by atoms with Crippen molar-refractivity contribution < 1.29 is 0 Å². The first kappa shape index (κ1) is 10.8. The van der Waals surface area contributed by atoms with E-state index in [-0.39, 0.29) is 0 Å². The number of para-hydroxylation sites is 1. The van der Waals surface area contributed by atoms with Crippen molar-refractivity contribution in [1.29, 1.82) is 0 Å². The van der Waals surface area contributed by atoms with E-state index in [0.29, 0.717) is 0 Å². The number of aromatic nitrogens is 2. The third-order valence-corrected chi connectivity index (χ3v) is 2.23. The van der Waals surface area contributed by atoms with Gasteiger partial charge >= 0.3 is 0 Å². The van der Waals surface area contributed by atoms with Crippen LogP contribution in [0.2, 0.25) is 0 Å². The molecule has 0 aliphatic rings. The van der Waals surface area contributed by atoms with Crippen LogP contribution in [0.5, 0.6) is 0 Å². The minimum atomic E-state index is 1.07. The van der Waals surface area contributed by atoms with E-state index in [9.17, 15) is 0 Å². The molecule has 0 N–H and O–H groups in total. The van der Waals surface area contributed by atoms with Gasteiger partial charge in [0.2, 0.25) is 0 Å². The first-order valence-electron chi connectivity index (χ1n) is 5.22. The van der Waals surface area contributed by atoms with Gasteiger partial charge in [0.15, 0.2) is 0 Å². The van der Waals surface area contributed by atoms with Crippen molar-refractivity contribution in [1.82, 2.24) is 9.78 Å². The Labute approximate surface area is 85.6 Å². The predicted molar refractivity (Wildman–Crippen MR) is 61.4 cm³/mol. The van der Waals surface area contributed by atoms with Gasteiger partial charge in [0, 0.05) is 12.4 Å². The van der Waals surface area contributed by atoms with E-state index in [1.807, 2.05) is 31.8 Å². The summed E-state index contributed by atoms with van der Waals surface area (Å²) in [7, 11) is 1.99. The fourth-order valence-electron chi connectivity index (χ4n) is 1.60. The molecule has 0 aliphatic heterocycles. The standard InChI is InChI=1S/C10H12N2.C2H6/c1-3-8-5-4-6-9-7-11-12(2)10(8)9;1-2/h4-7H,3H2,1-2H3;1-2H3. The lowest BCUT2D eigenvalue weighted by molar-refractivity contribution is 0.792. The van der Waals surface area contributed by atoms with E-state index < -0.39 is 0 Å². The average molecular weight is 190 g/mol. The maximum atomic E-state index is 4.22. The average Bonchev–Trinajstić information content (AvgIpc) is 2.64. The van der Waals surface area contributed by atoms with Gasteiger partial charge in [0.05, 0.1) is 11.7 Å². The summed E-state index contributed by atoms with van der Waals surface area (Å²) in [6, 6.07) is 6.34. The van der Waals surface area contributed by atoms with Crippen molar-refractivity contribution in [2.24, 2.45) is 7.05 Å². The molecule has 0 spiro atoms. The first-order valence-corrected chi connectivity index (χ1v) is 5.22. The molecule has 0 atom stereocenters. The molecular formula is C12H18N2. The quantitative estimate of drug-likeness (QED) is 0.675. The summed E-state index contributed by atoms with van der Waals surface area (Å²) in [5.74, 6) is 0. The topological polar surface area (TPSA) is 17.8 Å². The maximum absolute atomic E-state index is 4.22. The number of rotatable bonds is 1. The van der Waals surface area contributed by atoms with Crippen molar-refractivity contribution in [3.63, 3.8) is 0 Å². The fourth-order valence-corrected chi connectivity index (χ4v) is 1.60. The molecule has 0 aliphatic carbocycles. The summed E-state index contributed by atoms with van der Waals surface area (Å²) in [6.07, 6.45) is 2.98. The molecule has 0 saturated heterocycles. The number of hydrogen-bond donors (Lipinski definition) is 0. The molecule has 0 bridgehead atoms. The van der Waals surface area contributed by atoms with Crippen molar-refractivity contribution in [3.05, 3.63) is 30.0 Å². The van der Waals surface area contributed by atoms with Crippen molar-refractivity contribution in [2.75, 3.05) is 0 Å². The van der Waals surface area contributed by atoms with E-state index in [1.54, 1.807) is 0 Å². The van der Waals surface area contributed by atoms with Crippen LogP contribution in [0.4, 0.5) is 0 Å². The maximum Gasteiger partial charge on any atom is 0.0710 e. The molecule has 2 rings (SSSR count). The Morgan fingerprint density at radius 3 is 2.64 bits per heavy atom. The summed E-state index contributed by atoms with van der Waals surface area (Å²) in [5.41, 5.74) is 2.63. The molecule has 2 aromatic rings. The van der Waals surface area contributed by atoms with Crippen LogP contribution in [0, 0.1) is 0 Å². The van der Waals surface area contributed by atoms with Gasteiger partial charge in [0.1, 0.15) is 0 Å². The minimum Gasteiger partial charge on any atom is -0.268 e. The summed E-state index contributed by atoms with van der Waals surface area (Å²) < 4.78 is 1.94. The van der Waals surface area contributed by atoms with Crippen LogP contribution in [-0.2, 0) is 13.5 Å². The van der Waals surface area contributed by atoms with Gasteiger partial charge in [-0.15, -0.1) is 0 Å². The molecular weight excluding hydrogens is 172 g/mol. The summed E-state index contributed by atoms with van der Waals surface area (Å²) >= 11 is 0. The van der Waals surface area contributed by atoms with Crippen LogP contribution in [0.1, 0.15) is 26.3 Å². The molecule has 2 nitrogen and oxygen atoms in total. The molecule has 76 valence electrons. The highest BCUT2D eigenvalue weighted by atomic mass is 15.2. The second kappa shape index (κ2) is 4.80. The summed E-state index contributed by atoms with van der Waals surface area (Å²) in [6.45, 7) is 6.17. The summed E-state index contributed by atoms with van der Waals surface area (Å²) in [4.78, 5) is 0. The number of hydrogen-bond acceptors (Lipinski definition) is 1. The summed E-state index contributed by atoms with van der Waals surface area (Å²) in [5, 5.41) is 5.45. The van der Waals surface area contributed by atoms with Crippen LogP contribution in [0.25, 0.3) is 10.9 Å². The molecule has 0 fully saturated rings. The van der Waals surface area contributed by atoms with Crippen LogP contribution in [0.3, 0.4) is 0 Å². The Balaban J connectivity index is 0.000000461. The Kier molecular flexibility index (Phi) is 3.69. The first-order chi connectivity index (χ1) is 6.83. The monoisotopic (exact) mass is 190 g/mol. The van der Waals surface area contributed by atoms with Gasteiger partial charge < -0.3 is 0 Å². The number of fused-ring (bicyclic) bond motifs is 1. The normalized spacial score (nSPS) is 9.71. The van der Waals surface area contributed by atoms with Crippen molar-refractivity contribution >= 4 is 10.9 Å². The second-order valence-electron chi connectivity index (χ2n) is 2.98. The highest BCUT2D eigenvalue weighted by Gasteiger charge is 2.02. The number of aryl methyl sites for hydroxylation is 2. The number of nitrogens with zero attached hydrogens (tertiary/aromatic N) is 2. The van der Waals surface area contributed by atoms with E-state index >= 15 is 0 Å². The molecule has 1 aromatic heterocycles. The predicted octanol–water partition coefficient (Wildman–Crippen LogP) is 3.16. The molecule has 2 heteroatoms. The fraction of sp³-hybridized carbons (Fsp3) is 0.417. The lowest BCUT2D eigenvalue weighted by Gasteiger charge is -2.00. The third-order valence-electron chi connectivity index (χ3n) is 2.23. The lowest BCUT2D eigenvalue weighted by Crippen LogP contribution is -1.92. The third kappa shape index (κ3) is 1.79. The molecule has 0 radical (unpaired) electrons. The molecule has 0 unspecified atom stereocenters. The minimum absolute atomic E-state index is 1.07. The van der Waals surface area contributed by atoms with Crippen molar-refractivity contribution in [3.8, 4) is 0 Å². The molecule has 1 heterocycles. The Morgan fingerprint density at radius 2 is 2.00 bits per heavy atom. The van der Waals surface area contributed by atoms with Gasteiger partial charge in [-0.1, -0.05) is 39.0 Å². The lowest BCUT2D eigenvalue weighted by atomic mass is 10.1. The number of benzene rings is 1. The van der Waals surface area contributed by atoms with Crippen LogP contribution >= 0.6 is 0 Å². The molecule has 1 aromatic carbocycles. The molecule has 14 heavy (non-hydrogen) atoms. The van der Waals surface area contributed by atoms with Gasteiger partial charge in [-0.2, -0.15) is 5.10 Å². The van der Waals surface area contributed by atoms with E-state index in [0.717, 1.165) is 6.42 Å². The molecule has 0 saturated carbocycles. The van der Waals surface area contributed by atoms with Crippen LogP contribution in [0.15, 0.2) is 24.4 Å². The Morgan fingerprint density at radius 1 is 1.29 bits per heavy atom.